The predicted octanol–water partition coefficient (Wildman–Crippen LogP) is 3.56. The van der Waals surface area contributed by atoms with Gasteiger partial charge in [0.05, 0.1) is 10.1 Å². The highest BCUT2D eigenvalue weighted by Gasteiger charge is 2.36. The number of hydrogen-bond acceptors (Lipinski definition) is 4. The minimum atomic E-state index is -3.81. The highest BCUT2D eigenvalue weighted by Crippen LogP contribution is 2.27. The van der Waals surface area contributed by atoms with Crippen molar-refractivity contribution in [3.05, 3.63) is 65.7 Å². The van der Waals surface area contributed by atoms with Gasteiger partial charge in [-0.2, -0.15) is 0 Å². The van der Waals surface area contributed by atoms with Crippen molar-refractivity contribution in [2.24, 2.45) is 5.92 Å². The number of ketones is 1. The highest BCUT2D eigenvalue weighted by atomic mass is 32.2. The smallest absolute Gasteiger partial charge is 0.182 e. The number of aryl methyl sites for hydroxylation is 1. The first kappa shape index (κ1) is 20.0. The van der Waals surface area contributed by atoms with Crippen molar-refractivity contribution in [3.63, 3.8) is 0 Å². The topological polar surface area (TPSA) is 68.3 Å². The summed E-state index contributed by atoms with van der Waals surface area (Å²) in [7, 11) is -3.81. The lowest BCUT2D eigenvalue weighted by Gasteiger charge is -2.23. The van der Waals surface area contributed by atoms with Crippen molar-refractivity contribution < 1.29 is 18.0 Å². The van der Waals surface area contributed by atoms with E-state index in [9.17, 15) is 18.0 Å². The van der Waals surface area contributed by atoms with Crippen molar-refractivity contribution in [1.82, 2.24) is 0 Å². The van der Waals surface area contributed by atoms with Gasteiger partial charge < -0.3 is 4.79 Å². The number of Topliss-reactive ketones (excluding diaryl/α,β-unsaturated/α-hetero) is 1. The van der Waals surface area contributed by atoms with Crippen LogP contribution < -0.4 is 0 Å². The number of hydrogen-bond donors (Lipinski definition) is 0. The van der Waals surface area contributed by atoms with Crippen LogP contribution in [0.15, 0.2) is 59.5 Å². The molecule has 0 aliphatic heterocycles. The first-order chi connectivity index (χ1) is 12.4. The van der Waals surface area contributed by atoms with Gasteiger partial charge in [0.25, 0.3) is 0 Å². The zero-order valence-corrected chi connectivity index (χ0v) is 15.9. The van der Waals surface area contributed by atoms with E-state index in [1.54, 1.807) is 31.2 Å². The first-order valence-electron chi connectivity index (χ1n) is 8.70. The molecule has 0 fully saturated rings. The average Bonchev–Trinajstić information content (AvgIpc) is 2.65. The summed E-state index contributed by atoms with van der Waals surface area (Å²) in [6, 6.07) is 15.8. The summed E-state index contributed by atoms with van der Waals surface area (Å²) in [4.78, 5) is 24.0. The number of carbonyl (C=O) groups is 2. The molecule has 0 bridgehead atoms. The maximum Gasteiger partial charge on any atom is 0.182 e. The van der Waals surface area contributed by atoms with E-state index in [4.69, 9.17) is 0 Å². The van der Waals surface area contributed by atoms with E-state index in [1.807, 2.05) is 37.3 Å². The van der Waals surface area contributed by atoms with Crippen molar-refractivity contribution >= 4 is 21.9 Å². The summed E-state index contributed by atoms with van der Waals surface area (Å²) in [5.74, 6) is -0.940. The Morgan fingerprint density at radius 2 is 1.65 bits per heavy atom. The van der Waals surface area contributed by atoms with Crippen LogP contribution in [-0.2, 0) is 25.8 Å². The fourth-order valence-electron chi connectivity index (χ4n) is 2.92. The number of rotatable bonds is 9. The number of aldehydes is 1. The third-order valence-electron chi connectivity index (χ3n) is 4.54. The van der Waals surface area contributed by atoms with Gasteiger partial charge in [-0.1, -0.05) is 55.0 Å². The van der Waals surface area contributed by atoms with Crippen molar-refractivity contribution in [2.45, 2.75) is 43.3 Å². The predicted molar refractivity (Wildman–Crippen MR) is 102 cm³/mol. The van der Waals surface area contributed by atoms with Crippen LogP contribution in [0.4, 0.5) is 0 Å². The molecule has 0 aliphatic rings. The molecular formula is C21H24O4S. The summed E-state index contributed by atoms with van der Waals surface area (Å²) in [6.07, 6.45) is 1.06. The van der Waals surface area contributed by atoms with E-state index in [0.29, 0.717) is 6.29 Å². The molecular weight excluding hydrogens is 348 g/mol. The van der Waals surface area contributed by atoms with Crippen LogP contribution in [0, 0.1) is 12.8 Å². The van der Waals surface area contributed by atoms with Crippen LogP contribution in [0.5, 0.6) is 0 Å². The molecule has 2 rings (SSSR count). The lowest BCUT2D eigenvalue weighted by Crippen LogP contribution is -2.34. The van der Waals surface area contributed by atoms with E-state index in [-0.39, 0.29) is 29.9 Å². The lowest BCUT2D eigenvalue weighted by atomic mass is 9.94. The molecule has 0 radical (unpaired) electrons. The monoisotopic (exact) mass is 372 g/mol. The van der Waals surface area contributed by atoms with Crippen molar-refractivity contribution in [3.8, 4) is 0 Å². The Balaban J connectivity index is 2.41. The van der Waals surface area contributed by atoms with Crippen molar-refractivity contribution in [1.29, 1.82) is 0 Å². The minimum absolute atomic E-state index is 0.150. The van der Waals surface area contributed by atoms with Crippen LogP contribution in [-0.4, -0.2) is 25.7 Å². The number of benzene rings is 2. The Labute approximate surface area is 155 Å². The van der Waals surface area contributed by atoms with E-state index in [2.05, 4.69) is 0 Å². The Morgan fingerprint density at radius 3 is 2.19 bits per heavy atom. The second-order valence-corrected chi connectivity index (χ2v) is 8.65. The van der Waals surface area contributed by atoms with Crippen LogP contribution >= 0.6 is 0 Å². The summed E-state index contributed by atoms with van der Waals surface area (Å²) < 4.78 is 26.3. The maximum atomic E-state index is 13.2. The first-order valence-corrected chi connectivity index (χ1v) is 10.2. The molecule has 2 atom stereocenters. The molecule has 2 aromatic carbocycles. The van der Waals surface area contributed by atoms with Gasteiger partial charge in [0.2, 0.25) is 0 Å². The van der Waals surface area contributed by atoms with Gasteiger partial charge in [-0.15, -0.1) is 0 Å². The summed E-state index contributed by atoms with van der Waals surface area (Å²) in [6.45, 7) is 3.57. The molecule has 2 aromatic rings. The molecule has 26 heavy (non-hydrogen) atoms. The van der Waals surface area contributed by atoms with Crippen LogP contribution in [0.3, 0.4) is 0 Å². The second-order valence-electron chi connectivity index (χ2n) is 6.48. The molecule has 0 unspecified atom stereocenters. The normalized spacial score (nSPS) is 13.8. The third-order valence-corrected chi connectivity index (χ3v) is 6.78. The summed E-state index contributed by atoms with van der Waals surface area (Å²) in [5.41, 5.74) is 1.82. The SMILES string of the molecule is CCC(=O)C[C@@H]([C@H](C=O)Cc1ccccc1)S(=O)(=O)c1ccc(C)cc1. The van der Waals surface area contributed by atoms with Gasteiger partial charge in [0.1, 0.15) is 12.1 Å². The minimum Gasteiger partial charge on any atom is -0.303 e. The van der Waals surface area contributed by atoms with Gasteiger partial charge in [0, 0.05) is 18.8 Å². The Kier molecular flexibility index (Phi) is 6.86. The van der Waals surface area contributed by atoms with Crippen LogP contribution in [0.25, 0.3) is 0 Å². The quantitative estimate of drug-likeness (QED) is 0.631. The third kappa shape index (κ3) is 4.88. The molecule has 0 saturated carbocycles. The van der Waals surface area contributed by atoms with Gasteiger partial charge in [-0.3, -0.25) is 4.79 Å². The summed E-state index contributed by atoms with van der Waals surface area (Å²) in [5, 5.41) is -1.06. The van der Waals surface area contributed by atoms with Crippen molar-refractivity contribution in [2.75, 3.05) is 0 Å². The van der Waals surface area contributed by atoms with E-state index in [1.165, 1.54) is 0 Å². The molecule has 0 aliphatic carbocycles. The molecule has 0 aromatic heterocycles. The molecule has 0 amide bonds. The fraction of sp³-hybridized carbons (Fsp3) is 0.333. The molecule has 0 spiro atoms. The van der Waals surface area contributed by atoms with E-state index in [0.717, 1.165) is 11.1 Å². The van der Waals surface area contributed by atoms with Gasteiger partial charge in [0.15, 0.2) is 9.84 Å². The molecule has 0 saturated heterocycles. The Morgan fingerprint density at radius 1 is 1.04 bits per heavy atom. The Bertz CT molecular complexity index is 839. The zero-order chi connectivity index (χ0) is 19.2. The van der Waals surface area contributed by atoms with Gasteiger partial charge >= 0.3 is 0 Å². The standard InChI is InChI=1S/C21H24O4S/c1-3-19(23)14-21(18(15-22)13-17-7-5-4-6-8-17)26(24,25)20-11-9-16(2)10-12-20/h4-12,15,18,21H,3,13-14H2,1-2H3/t18-,21-/m0/s1. The van der Waals surface area contributed by atoms with Gasteiger partial charge in [-0.05, 0) is 31.0 Å². The number of sulfone groups is 1. The molecule has 5 heteroatoms. The van der Waals surface area contributed by atoms with Crippen LogP contribution in [0.2, 0.25) is 0 Å². The fourth-order valence-corrected chi connectivity index (χ4v) is 4.81. The molecule has 4 nitrogen and oxygen atoms in total. The Hall–Kier alpha value is -2.27. The van der Waals surface area contributed by atoms with Crippen LogP contribution in [0.1, 0.15) is 30.9 Å². The van der Waals surface area contributed by atoms with Gasteiger partial charge in [-0.25, -0.2) is 8.42 Å². The second kappa shape index (κ2) is 8.90. The molecule has 0 heterocycles. The lowest BCUT2D eigenvalue weighted by molar-refractivity contribution is -0.119. The van der Waals surface area contributed by atoms with E-state index >= 15 is 0 Å². The zero-order valence-electron chi connectivity index (χ0n) is 15.1. The largest absolute Gasteiger partial charge is 0.303 e. The van der Waals surface area contributed by atoms with E-state index < -0.39 is 21.0 Å². The number of carbonyl (C=O) groups excluding carboxylic acids is 2. The molecule has 0 N–H and O–H groups in total. The molecule has 138 valence electrons. The highest BCUT2D eigenvalue weighted by molar-refractivity contribution is 7.92. The average molecular weight is 372 g/mol. The maximum absolute atomic E-state index is 13.2. The summed E-state index contributed by atoms with van der Waals surface area (Å²) >= 11 is 0.